The molecule has 0 unspecified atom stereocenters. The standard InChI is InChI=1S/C7H16N2O5/c1-2-8(3-6(12)13)7(14)9(4-10)5-11/h6,10-13H,2-5H2,1H3. The molecule has 0 aliphatic heterocycles. The molecule has 0 aromatic rings. The lowest BCUT2D eigenvalue weighted by atomic mass is 10.5. The minimum Gasteiger partial charge on any atom is -0.376 e. The van der Waals surface area contributed by atoms with Gasteiger partial charge in [-0.15, -0.1) is 0 Å². The molecule has 0 radical (unpaired) electrons. The molecule has 0 aliphatic rings. The third kappa shape index (κ3) is 3.88. The monoisotopic (exact) mass is 208 g/mol. The summed E-state index contributed by atoms with van der Waals surface area (Å²) in [6, 6.07) is -0.648. The Balaban J connectivity index is 4.28. The maximum absolute atomic E-state index is 11.4. The van der Waals surface area contributed by atoms with Crippen molar-refractivity contribution in [2.45, 2.75) is 13.2 Å². The van der Waals surface area contributed by atoms with E-state index in [1.165, 1.54) is 0 Å². The van der Waals surface area contributed by atoms with Gasteiger partial charge in [0.25, 0.3) is 0 Å². The molecular weight excluding hydrogens is 192 g/mol. The summed E-state index contributed by atoms with van der Waals surface area (Å²) in [5, 5.41) is 34.6. The summed E-state index contributed by atoms with van der Waals surface area (Å²) in [5.74, 6) is 0. The molecule has 0 atom stereocenters. The number of amides is 2. The predicted molar refractivity (Wildman–Crippen MR) is 46.9 cm³/mol. The summed E-state index contributed by atoms with van der Waals surface area (Å²) in [5.41, 5.74) is 0. The van der Waals surface area contributed by atoms with Crippen LogP contribution in [0.3, 0.4) is 0 Å². The van der Waals surface area contributed by atoms with Crippen LogP contribution in [0.2, 0.25) is 0 Å². The van der Waals surface area contributed by atoms with Gasteiger partial charge in [-0.25, -0.2) is 4.79 Å². The fourth-order valence-corrected chi connectivity index (χ4v) is 0.905. The van der Waals surface area contributed by atoms with Crippen molar-refractivity contribution in [3.63, 3.8) is 0 Å². The van der Waals surface area contributed by atoms with E-state index < -0.39 is 25.8 Å². The first-order chi connectivity index (χ1) is 6.56. The van der Waals surface area contributed by atoms with Crippen molar-refractivity contribution in [1.29, 1.82) is 0 Å². The van der Waals surface area contributed by atoms with Crippen molar-refractivity contribution >= 4 is 6.03 Å². The van der Waals surface area contributed by atoms with Crippen LogP contribution in [0.25, 0.3) is 0 Å². The van der Waals surface area contributed by atoms with Crippen LogP contribution in [-0.2, 0) is 0 Å². The lowest BCUT2D eigenvalue weighted by molar-refractivity contribution is -0.0589. The number of hydrogen-bond donors (Lipinski definition) is 4. The summed E-state index contributed by atoms with van der Waals surface area (Å²) in [6.07, 6.45) is -1.63. The third-order valence-electron chi connectivity index (χ3n) is 1.65. The minimum absolute atomic E-state index is 0.257. The smallest absolute Gasteiger partial charge is 0.323 e. The molecule has 14 heavy (non-hydrogen) atoms. The van der Waals surface area contributed by atoms with E-state index in [1.54, 1.807) is 6.92 Å². The molecule has 0 aromatic carbocycles. The highest BCUT2D eigenvalue weighted by Gasteiger charge is 2.19. The SMILES string of the molecule is CCN(CC(O)O)C(=O)N(CO)CO. The summed E-state index contributed by atoms with van der Waals surface area (Å²) in [4.78, 5) is 13.2. The van der Waals surface area contributed by atoms with Crippen LogP contribution in [0.5, 0.6) is 0 Å². The van der Waals surface area contributed by atoms with Crippen molar-refractivity contribution in [3.05, 3.63) is 0 Å². The van der Waals surface area contributed by atoms with Gasteiger partial charge in [-0.05, 0) is 6.92 Å². The minimum atomic E-state index is -1.63. The van der Waals surface area contributed by atoms with E-state index >= 15 is 0 Å². The van der Waals surface area contributed by atoms with E-state index in [0.717, 1.165) is 9.80 Å². The second-order valence-electron chi connectivity index (χ2n) is 2.62. The molecule has 84 valence electrons. The number of urea groups is 1. The predicted octanol–water partition coefficient (Wildman–Crippen LogP) is -2.06. The molecule has 0 saturated carbocycles. The zero-order valence-corrected chi connectivity index (χ0v) is 8.00. The Hall–Kier alpha value is -0.890. The quantitative estimate of drug-likeness (QED) is 0.389. The second kappa shape index (κ2) is 6.55. The summed E-state index contributed by atoms with van der Waals surface area (Å²) < 4.78 is 0. The number of likely N-dealkylation sites (N-methyl/N-ethyl adjacent to an activating group) is 1. The van der Waals surface area contributed by atoms with Gasteiger partial charge in [0.1, 0.15) is 13.5 Å². The van der Waals surface area contributed by atoms with Crippen LogP contribution < -0.4 is 0 Å². The van der Waals surface area contributed by atoms with E-state index in [9.17, 15) is 4.79 Å². The fourth-order valence-electron chi connectivity index (χ4n) is 0.905. The largest absolute Gasteiger partial charge is 0.376 e. The summed E-state index contributed by atoms with van der Waals surface area (Å²) >= 11 is 0. The van der Waals surface area contributed by atoms with Gasteiger partial charge >= 0.3 is 6.03 Å². The summed E-state index contributed by atoms with van der Waals surface area (Å²) in [7, 11) is 0. The Kier molecular flexibility index (Phi) is 6.13. The first-order valence-electron chi connectivity index (χ1n) is 4.18. The van der Waals surface area contributed by atoms with Crippen LogP contribution in [0.1, 0.15) is 6.92 Å². The van der Waals surface area contributed by atoms with Crippen LogP contribution in [-0.4, -0.2) is 69.1 Å². The molecule has 0 bridgehead atoms. The normalized spacial score (nSPS) is 10.4. The van der Waals surface area contributed by atoms with Gasteiger partial charge in [0.15, 0.2) is 6.29 Å². The lowest BCUT2D eigenvalue weighted by Gasteiger charge is -2.27. The first kappa shape index (κ1) is 13.1. The molecule has 2 amide bonds. The highest BCUT2D eigenvalue weighted by molar-refractivity contribution is 5.74. The van der Waals surface area contributed by atoms with E-state index in [1.807, 2.05) is 0 Å². The van der Waals surface area contributed by atoms with Gasteiger partial charge in [0.2, 0.25) is 0 Å². The molecular formula is C7H16N2O5. The maximum Gasteiger partial charge on any atom is 0.323 e. The van der Waals surface area contributed by atoms with Crippen molar-refractivity contribution in [3.8, 4) is 0 Å². The first-order valence-corrected chi connectivity index (χ1v) is 4.18. The van der Waals surface area contributed by atoms with E-state index in [4.69, 9.17) is 20.4 Å². The van der Waals surface area contributed by atoms with E-state index in [-0.39, 0.29) is 13.1 Å². The lowest BCUT2D eigenvalue weighted by Crippen LogP contribution is -2.46. The molecule has 0 aliphatic carbocycles. The van der Waals surface area contributed by atoms with E-state index in [0.29, 0.717) is 0 Å². The van der Waals surface area contributed by atoms with Crippen LogP contribution in [0, 0.1) is 0 Å². The molecule has 0 spiro atoms. The molecule has 0 rings (SSSR count). The highest BCUT2D eigenvalue weighted by atomic mass is 16.5. The molecule has 0 fully saturated rings. The van der Waals surface area contributed by atoms with Crippen LogP contribution in [0.4, 0.5) is 4.79 Å². The average Bonchev–Trinajstić information content (AvgIpc) is 2.15. The van der Waals surface area contributed by atoms with Gasteiger partial charge in [-0.3, -0.25) is 4.90 Å². The number of rotatable bonds is 5. The third-order valence-corrected chi connectivity index (χ3v) is 1.65. The van der Waals surface area contributed by atoms with Gasteiger partial charge in [0, 0.05) is 6.54 Å². The van der Waals surface area contributed by atoms with Crippen LogP contribution in [0.15, 0.2) is 0 Å². The van der Waals surface area contributed by atoms with Gasteiger partial charge in [-0.2, -0.15) is 0 Å². The Morgan fingerprint density at radius 2 is 1.71 bits per heavy atom. The van der Waals surface area contributed by atoms with Gasteiger partial charge in [0.05, 0.1) is 6.54 Å². The number of aliphatic hydroxyl groups excluding tert-OH is 3. The highest BCUT2D eigenvalue weighted by Crippen LogP contribution is 1.98. The molecule has 4 N–H and O–H groups in total. The zero-order chi connectivity index (χ0) is 11.1. The molecule has 0 heterocycles. The number of aliphatic hydroxyl groups is 4. The fraction of sp³-hybridized carbons (Fsp3) is 0.857. The zero-order valence-electron chi connectivity index (χ0n) is 8.00. The van der Waals surface area contributed by atoms with Crippen molar-refractivity contribution in [1.82, 2.24) is 9.80 Å². The Morgan fingerprint density at radius 1 is 1.21 bits per heavy atom. The van der Waals surface area contributed by atoms with Crippen molar-refractivity contribution in [2.75, 3.05) is 26.6 Å². The Bertz CT molecular complexity index is 171. The van der Waals surface area contributed by atoms with Crippen molar-refractivity contribution < 1.29 is 25.2 Å². The summed E-state index contributed by atoms with van der Waals surface area (Å²) in [6.45, 7) is 0.409. The molecule has 7 nitrogen and oxygen atoms in total. The molecule has 0 saturated heterocycles. The maximum atomic E-state index is 11.4. The van der Waals surface area contributed by atoms with E-state index in [2.05, 4.69) is 0 Å². The van der Waals surface area contributed by atoms with Gasteiger partial charge in [-0.1, -0.05) is 0 Å². The Morgan fingerprint density at radius 3 is 2.00 bits per heavy atom. The average molecular weight is 208 g/mol. The van der Waals surface area contributed by atoms with Crippen LogP contribution >= 0.6 is 0 Å². The number of carbonyl (C=O) groups excluding carboxylic acids is 1. The number of hydrogen-bond acceptors (Lipinski definition) is 5. The molecule has 7 heteroatoms. The van der Waals surface area contributed by atoms with Gasteiger partial charge < -0.3 is 25.3 Å². The molecule has 0 aromatic heterocycles. The van der Waals surface area contributed by atoms with Crippen molar-refractivity contribution in [2.24, 2.45) is 0 Å². The Labute approximate surface area is 81.8 Å². The number of nitrogens with zero attached hydrogens (tertiary/aromatic N) is 2. The second-order valence-corrected chi connectivity index (χ2v) is 2.62. The number of carbonyl (C=O) groups is 1. The topological polar surface area (TPSA) is 104 Å².